The Hall–Kier alpha value is -2.25. The maximum atomic E-state index is 13.2. The number of hydrogen-bond acceptors (Lipinski definition) is 5. The molecule has 2 heterocycles. The van der Waals surface area contributed by atoms with E-state index in [0.717, 1.165) is 56.2 Å². The second-order valence-electron chi connectivity index (χ2n) is 8.33. The Balaban J connectivity index is 1.45. The maximum absolute atomic E-state index is 13.2. The first-order valence-corrected chi connectivity index (χ1v) is 12.0. The predicted molar refractivity (Wildman–Crippen MR) is 120 cm³/mol. The molecule has 1 aliphatic heterocycles. The van der Waals surface area contributed by atoms with Gasteiger partial charge in [0.1, 0.15) is 10.8 Å². The molecule has 0 spiro atoms. The van der Waals surface area contributed by atoms with Crippen LogP contribution in [0.5, 0.6) is 0 Å². The fraction of sp³-hybridized carbons (Fsp3) is 0.500. The lowest BCUT2D eigenvalue weighted by Crippen LogP contribution is -2.40. The number of likely N-dealkylation sites (tertiary alicyclic amines) is 1. The number of carbonyl (C=O) groups is 2. The van der Waals surface area contributed by atoms with Gasteiger partial charge in [-0.25, -0.2) is 9.18 Å². The molecule has 1 amide bonds. The predicted octanol–water partition coefficient (Wildman–Crippen LogP) is 4.79. The highest BCUT2D eigenvalue weighted by atomic mass is 32.1. The van der Waals surface area contributed by atoms with Crippen molar-refractivity contribution < 1.29 is 18.7 Å². The minimum Gasteiger partial charge on any atom is -0.462 e. The van der Waals surface area contributed by atoms with Crippen molar-refractivity contribution in [1.29, 1.82) is 0 Å². The second kappa shape index (κ2) is 9.92. The first-order chi connectivity index (χ1) is 15.0. The highest BCUT2D eigenvalue weighted by Gasteiger charge is 2.30. The fourth-order valence-electron chi connectivity index (χ4n) is 4.55. The lowest BCUT2D eigenvalue weighted by atomic mass is 9.95. The zero-order valence-corrected chi connectivity index (χ0v) is 18.7. The van der Waals surface area contributed by atoms with E-state index >= 15 is 0 Å². The van der Waals surface area contributed by atoms with Gasteiger partial charge in [-0.1, -0.05) is 12.1 Å². The highest BCUT2D eigenvalue weighted by Crippen LogP contribution is 2.39. The molecule has 5 nitrogen and oxygen atoms in total. The summed E-state index contributed by atoms with van der Waals surface area (Å²) in [7, 11) is 0. The van der Waals surface area contributed by atoms with Crippen molar-refractivity contribution in [3.63, 3.8) is 0 Å². The molecule has 1 fully saturated rings. The molecule has 4 rings (SSSR count). The van der Waals surface area contributed by atoms with Gasteiger partial charge in [0, 0.05) is 18.0 Å². The molecule has 0 bridgehead atoms. The zero-order valence-electron chi connectivity index (χ0n) is 17.9. The first kappa shape index (κ1) is 22.0. The topological polar surface area (TPSA) is 58.6 Å². The number of nitrogens with one attached hydrogen (secondary N) is 1. The molecule has 1 aromatic carbocycles. The fourth-order valence-corrected chi connectivity index (χ4v) is 5.83. The van der Waals surface area contributed by atoms with Crippen LogP contribution in [-0.4, -0.2) is 36.5 Å². The van der Waals surface area contributed by atoms with Gasteiger partial charge in [-0.05, 0) is 75.3 Å². The van der Waals surface area contributed by atoms with E-state index in [2.05, 4.69) is 10.2 Å². The number of benzene rings is 1. The minimum absolute atomic E-state index is 0.0343. The largest absolute Gasteiger partial charge is 0.462 e. The molecule has 1 aromatic heterocycles. The Morgan fingerprint density at radius 1 is 1.19 bits per heavy atom. The van der Waals surface area contributed by atoms with Crippen LogP contribution in [0, 0.1) is 11.7 Å². The number of fused-ring (bicyclic) bond motifs is 1. The Morgan fingerprint density at radius 2 is 1.97 bits per heavy atom. The molecular weight excluding hydrogens is 415 g/mol. The van der Waals surface area contributed by atoms with Gasteiger partial charge < -0.3 is 10.1 Å². The van der Waals surface area contributed by atoms with Gasteiger partial charge in [-0.2, -0.15) is 0 Å². The molecule has 31 heavy (non-hydrogen) atoms. The summed E-state index contributed by atoms with van der Waals surface area (Å²) < 4.78 is 18.5. The molecule has 1 aliphatic carbocycles. The number of carbonyl (C=O) groups excluding carboxylic acids is 2. The van der Waals surface area contributed by atoms with E-state index in [1.54, 1.807) is 19.1 Å². The average Bonchev–Trinajstić information content (AvgIpc) is 3.13. The molecule has 0 radical (unpaired) electrons. The van der Waals surface area contributed by atoms with Crippen molar-refractivity contribution >= 4 is 28.2 Å². The van der Waals surface area contributed by atoms with Crippen LogP contribution in [-0.2, 0) is 28.9 Å². The summed E-state index contributed by atoms with van der Waals surface area (Å²) in [6.45, 7) is 4.39. The quantitative estimate of drug-likeness (QED) is 0.651. The zero-order chi connectivity index (χ0) is 21.8. The Labute approximate surface area is 186 Å². The average molecular weight is 445 g/mol. The molecule has 1 unspecified atom stereocenters. The lowest BCUT2D eigenvalue weighted by Gasteiger charge is -2.32. The van der Waals surface area contributed by atoms with E-state index in [1.807, 2.05) is 0 Å². The van der Waals surface area contributed by atoms with Gasteiger partial charge in [-0.15, -0.1) is 11.3 Å². The van der Waals surface area contributed by atoms with Crippen molar-refractivity contribution in [3.8, 4) is 0 Å². The molecule has 7 heteroatoms. The van der Waals surface area contributed by atoms with Gasteiger partial charge in [0.05, 0.1) is 18.1 Å². The third-order valence-corrected chi connectivity index (χ3v) is 7.29. The minimum atomic E-state index is -0.334. The summed E-state index contributed by atoms with van der Waals surface area (Å²) >= 11 is 1.53. The van der Waals surface area contributed by atoms with E-state index in [9.17, 15) is 14.0 Å². The monoisotopic (exact) mass is 444 g/mol. The number of rotatable bonds is 6. The van der Waals surface area contributed by atoms with Crippen molar-refractivity contribution in [2.75, 3.05) is 25.0 Å². The van der Waals surface area contributed by atoms with Crippen LogP contribution in [0.1, 0.15) is 59.0 Å². The van der Waals surface area contributed by atoms with Gasteiger partial charge in [-0.3, -0.25) is 9.69 Å². The number of esters is 1. The van der Waals surface area contributed by atoms with Gasteiger partial charge >= 0.3 is 5.97 Å². The molecule has 0 saturated carbocycles. The van der Waals surface area contributed by atoms with Crippen LogP contribution in [0.2, 0.25) is 0 Å². The standard InChI is InChI=1S/C24H29FN2O3S/c1-2-30-24(29)21-19-7-3-4-8-20(19)31-23(21)26-22(28)17-6-5-13-27(15-17)14-16-9-11-18(25)12-10-16/h9-12,17H,2-8,13-15H2,1H3,(H,26,28). The Kier molecular flexibility index (Phi) is 7.02. The third-order valence-electron chi connectivity index (χ3n) is 6.08. The molecule has 1 N–H and O–H groups in total. The molecule has 1 atom stereocenters. The molecule has 2 aliphatic rings. The van der Waals surface area contributed by atoms with Crippen molar-refractivity contribution in [2.45, 2.75) is 52.0 Å². The molecule has 1 saturated heterocycles. The van der Waals surface area contributed by atoms with Gasteiger partial charge in [0.15, 0.2) is 0 Å². The number of nitrogens with zero attached hydrogens (tertiary/aromatic N) is 1. The normalized spacial score (nSPS) is 19.0. The number of amides is 1. The van der Waals surface area contributed by atoms with Crippen molar-refractivity contribution in [1.82, 2.24) is 4.90 Å². The Morgan fingerprint density at radius 3 is 2.74 bits per heavy atom. The number of aryl methyl sites for hydroxylation is 1. The lowest BCUT2D eigenvalue weighted by molar-refractivity contribution is -0.121. The van der Waals surface area contributed by atoms with Crippen molar-refractivity contribution in [2.24, 2.45) is 5.92 Å². The second-order valence-corrected chi connectivity index (χ2v) is 9.43. The summed E-state index contributed by atoms with van der Waals surface area (Å²) in [6.07, 6.45) is 5.76. The van der Waals surface area contributed by atoms with Crippen LogP contribution in [0.4, 0.5) is 9.39 Å². The highest BCUT2D eigenvalue weighted by molar-refractivity contribution is 7.17. The summed E-state index contributed by atoms with van der Waals surface area (Å²) in [5, 5.41) is 3.72. The van der Waals surface area contributed by atoms with Gasteiger partial charge in [0.25, 0.3) is 0 Å². The Bertz CT molecular complexity index is 941. The van der Waals surface area contributed by atoms with Crippen LogP contribution in [0.25, 0.3) is 0 Å². The summed E-state index contributed by atoms with van der Waals surface area (Å²) in [6, 6.07) is 6.53. The number of hydrogen-bond donors (Lipinski definition) is 1. The molecule has 166 valence electrons. The van der Waals surface area contributed by atoms with Crippen LogP contribution < -0.4 is 5.32 Å². The summed E-state index contributed by atoms with van der Waals surface area (Å²) in [4.78, 5) is 29.2. The van der Waals surface area contributed by atoms with E-state index in [0.29, 0.717) is 30.3 Å². The van der Waals surface area contributed by atoms with E-state index in [4.69, 9.17) is 4.74 Å². The first-order valence-electron chi connectivity index (χ1n) is 11.1. The number of ether oxygens (including phenoxy) is 1. The number of anilines is 1. The molecular formula is C24H29FN2O3S. The number of piperidine rings is 1. The van der Waals surface area contributed by atoms with Gasteiger partial charge in [0.2, 0.25) is 5.91 Å². The maximum Gasteiger partial charge on any atom is 0.341 e. The third kappa shape index (κ3) is 5.15. The van der Waals surface area contributed by atoms with E-state index < -0.39 is 0 Å². The summed E-state index contributed by atoms with van der Waals surface area (Å²) in [5.74, 6) is -0.745. The summed E-state index contributed by atoms with van der Waals surface area (Å²) in [5.41, 5.74) is 2.67. The number of thiophene rings is 1. The van der Waals surface area contributed by atoms with Crippen LogP contribution in [0.15, 0.2) is 24.3 Å². The van der Waals surface area contributed by atoms with E-state index in [-0.39, 0.29) is 23.6 Å². The van der Waals surface area contributed by atoms with Crippen LogP contribution >= 0.6 is 11.3 Å². The van der Waals surface area contributed by atoms with E-state index in [1.165, 1.54) is 28.3 Å². The van der Waals surface area contributed by atoms with Crippen LogP contribution in [0.3, 0.4) is 0 Å². The smallest absolute Gasteiger partial charge is 0.341 e. The SMILES string of the molecule is CCOC(=O)c1c(NC(=O)C2CCCN(Cc3ccc(F)cc3)C2)sc2c1CCCC2. The molecule has 2 aromatic rings. The number of halogens is 1. The van der Waals surface area contributed by atoms with Crippen molar-refractivity contribution in [3.05, 3.63) is 51.7 Å².